The highest BCUT2D eigenvalue weighted by Crippen LogP contribution is 2.35. The molecule has 2 aliphatic heterocycles. The van der Waals surface area contributed by atoms with Crippen LogP contribution in [0.25, 0.3) is 0 Å². The lowest BCUT2D eigenvalue weighted by Gasteiger charge is -2.46. The number of aromatic nitrogens is 2. The second-order valence-corrected chi connectivity index (χ2v) is 7.02. The Balaban J connectivity index is 1.96. The van der Waals surface area contributed by atoms with Crippen molar-refractivity contribution in [3.8, 4) is 0 Å². The number of likely N-dealkylation sites (tertiary alicyclic amines) is 1. The third kappa shape index (κ3) is 3.43. The molecule has 2 atom stereocenters. The highest BCUT2D eigenvalue weighted by atomic mass is 19.4. The lowest BCUT2D eigenvalue weighted by Crippen LogP contribution is -2.54. The van der Waals surface area contributed by atoms with Crippen LogP contribution in [0.15, 0.2) is 6.07 Å². The van der Waals surface area contributed by atoms with Gasteiger partial charge in [-0.05, 0) is 38.8 Å². The van der Waals surface area contributed by atoms with E-state index in [4.69, 9.17) is 0 Å². The SMILES string of the molecule is CN1CC[C@@H]2[C@@H](CCCN2c2nc(N(C)C)cc(C(F)(F)F)n2)C1. The maximum Gasteiger partial charge on any atom is 0.433 e. The van der Waals surface area contributed by atoms with Crippen molar-refractivity contribution < 1.29 is 13.2 Å². The molecule has 8 heteroatoms. The largest absolute Gasteiger partial charge is 0.433 e. The summed E-state index contributed by atoms with van der Waals surface area (Å²) in [7, 11) is 5.49. The van der Waals surface area contributed by atoms with Crippen molar-refractivity contribution in [1.82, 2.24) is 14.9 Å². The molecule has 0 aromatic carbocycles. The summed E-state index contributed by atoms with van der Waals surface area (Å²) in [4.78, 5) is 14.2. The zero-order valence-electron chi connectivity index (χ0n) is 14.3. The van der Waals surface area contributed by atoms with Crippen molar-refractivity contribution in [2.75, 3.05) is 50.6 Å². The Labute approximate surface area is 140 Å². The van der Waals surface area contributed by atoms with Gasteiger partial charge in [-0.25, -0.2) is 4.98 Å². The number of fused-ring (bicyclic) bond motifs is 1. The van der Waals surface area contributed by atoms with Crippen LogP contribution in [0.1, 0.15) is 25.0 Å². The molecule has 2 saturated heterocycles. The number of hydrogen-bond acceptors (Lipinski definition) is 5. The Morgan fingerprint density at radius 1 is 1.17 bits per heavy atom. The first-order chi connectivity index (χ1) is 11.3. The van der Waals surface area contributed by atoms with Crippen molar-refractivity contribution >= 4 is 11.8 Å². The molecule has 0 bridgehead atoms. The highest BCUT2D eigenvalue weighted by Gasteiger charge is 2.39. The Morgan fingerprint density at radius 2 is 1.92 bits per heavy atom. The highest BCUT2D eigenvalue weighted by molar-refractivity contribution is 5.46. The van der Waals surface area contributed by atoms with Crippen molar-refractivity contribution in [1.29, 1.82) is 0 Å². The van der Waals surface area contributed by atoms with E-state index in [0.717, 1.165) is 45.0 Å². The normalized spacial score (nSPS) is 25.5. The number of nitrogens with zero attached hydrogens (tertiary/aromatic N) is 5. The van der Waals surface area contributed by atoms with Gasteiger partial charge >= 0.3 is 6.18 Å². The van der Waals surface area contributed by atoms with Gasteiger partial charge in [-0.2, -0.15) is 18.2 Å². The molecule has 0 radical (unpaired) electrons. The zero-order valence-corrected chi connectivity index (χ0v) is 14.3. The van der Waals surface area contributed by atoms with Crippen molar-refractivity contribution in [3.63, 3.8) is 0 Å². The average molecular weight is 343 g/mol. The van der Waals surface area contributed by atoms with Gasteiger partial charge in [0.15, 0.2) is 5.69 Å². The molecule has 3 rings (SSSR count). The first kappa shape index (κ1) is 17.3. The molecular formula is C16H24F3N5. The van der Waals surface area contributed by atoms with Gasteiger partial charge in [-0.3, -0.25) is 0 Å². The molecule has 0 spiro atoms. The molecule has 0 N–H and O–H groups in total. The number of anilines is 2. The van der Waals surface area contributed by atoms with E-state index in [9.17, 15) is 13.2 Å². The molecular weight excluding hydrogens is 319 g/mol. The second kappa shape index (κ2) is 6.38. The van der Waals surface area contributed by atoms with Crippen molar-refractivity contribution in [2.45, 2.75) is 31.5 Å². The first-order valence-electron chi connectivity index (χ1n) is 8.34. The van der Waals surface area contributed by atoms with Gasteiger partial charge in [-0.15, -0.1) is 0 Å². The number of alkyl halides is 3. The van der Waals surface area contributed by atoms with Crippen LogP contribution in [0.2, 0.25) is 0 Å². The molecule has 1 aromatic rings. The molecule has 1 aromatic heterocycles. The standard InChI is InChI=1S/C16H24F3N5/c1-22(2)14-9-13(16(17,18)19)20-15(21-14)24-7-4-5-11-10-23(3)8-6-12(11)24/h9,11-12H,4-8,10H2,1-3H3/t11-,12+/m0/s1. The van der Waals surface area contributed by atoms with Crippen LogP contribution in [0.4, 0.5) is 24.9 Å². The number of piperidine rings is 2. The monoisotopic (exact) mass is 343 g/mol. The fourth-order valence-corrected chi connectivity index (χ4v) is 3.76. The summed E-state index contributed by atoms with van der Waals surface area (Å²) in [5, 5.41) is 0. The van der Waals surface area contributed by atoms with E-state index >= 15 is 0 Å². The summed E-state index contributed by atoms with van der Waals surface area (Å²) in [5.41, 5.74) is -0.869. The van der Waals surface area contributed by atoms with E-state index in [2.05, 4.69) is 21.9 Å². The molecule has 0 unspecified atom stereocenters. The minimum absolute atomic E-state index is 0.216. The second-order valence-electron chi connectivity index (χ2n) is 7.02. The van der Waals surface area contributed by atoms with E-state index < -0.39 is 11.9 Å². The maximum absolute atomic E-state index is 13.2. The van der Waals surface area contributed by atoms with E-state index in [1.807, 2.05) is 4.90 Å². The van der Waals surface area contributed by atoms with Crippen LogP contribution in [0.5, 0.6) is 0 Å². The Bertz CT molecular complexity index is 590. The Kier molecular flexibility index (Phi) is 4.59. The minimum atomic E-state index is -4.47. The molecule has 0 aliphatic carbocycles. The average Bonchev–Trinajstić information content (AvgIpc) is 2.52. The van der Waals surface area contributed by atoms with Crippen LogP contribution in [0.3, 0.4) is 0 Å². The predicted molar refractivity (Wildman–Crippen MR) is 87.3 cm³/mol. The molecule has 0 saturated carbocycles. The summed E-state index contributed by atoms with van der Waals surface area (Å²) in [6.07, 6.45) is -1.45. The Morgan fingerprint density at radius 3 is 2.58 bits per heavy atom. The number of rotatable bonds is 2. The lowest BCUT2D eigenvalue weighted by molar-refractivity contribution is -0.141. The topological polar surface area (TPSA) is 35.5 Å². The molecule has 3 heterocycles. The molecule has 2 aliphatic rings. The van der Waals surface area contributed by atoms with Crippen molar-refractivity contribution in [2.24, 2.45) is 5.92 Å². The molecule has 2 fully saturated rings. The maximum atomic E-state index is 13.2. The van der Waals surface area contributed by atoms with Gasteiger partial charge < -0.3 is 14.7 Å². The van der Waals surface area contributed by atoms with Gasteiger partial charge in [0, 0.05) is 39.3 Å². The summed E-state index contributed by atoms with van der Waals surface area (Å²) in [5.74, 6) is 0.980. The van der Waals surface area contributed by atoms with Gasteiger partial charge in [-0.1, -0.05) is 0 Å². The quantitative estimate of drug-likeness (QED) is 0.824. The lowest BCUT2D eigenvalue weighted by atomic mass is 9.84. The van der Waals surface area contributed by atoms with Crippen LogP contribution < -0.4 is 9.80 Å². The fraction of sp³-hybridized carbons (Fsp3) is 0.750. The van der Waals surface area contributed by atoms with E-state index in [1.54, 1.807) is 19.0 Å². The smallest absolute Gasteiger partial charge is 0.363 e. The van der Waals surface area contributed by atoms with Gasteiger partial charge in [0.1, 0.15) is 5.82 Å². The van der Waals surface area contributed by atoms with Crippen molar-refractivity contribution in [3.05, 3.63) is 11.8 Å². The number of hydrogen-bond donors (Lipinski definition) is 0. The van der Waals surface area contributed by atoms with Crippen LogP contribution in [-0.2, 0) is 6.18 Å². The third-order valence-corrected chi connectivity index (χ3v) is 4.98. The zero-order chi connectivity index (χ0) is 17.5. The summed E-state index contributed by atoms with van der Waals surface area (Å²) < 4.78 is 39.7. The molecule has 134 valence electrons. The molecule has 5 nitrogen and oxygen atoms in total. The number of halogens is 3. The summed E-state index contributed by atoms with van der Waals surface area (Å²) >= 11 is 0. The van der Waals surface area contributed by atoms with Crippen LogP contribution in [0, 0.1) is 5.92 Å². The minimum Gasteiger partial charge on any atom is -0.363 e. The van der Waals surface area contributed by atoms with E-state index in [-0.39, 0.29) is 12.0 Å². The van der Waals surface area contributed by atoms with Crippen LogP contribution >= 0.6 is 0 Å². The van der Waals surface area contributed by atoms with Gasteiger partial charge in [0.05, 0.1) is 0 Å². The fourth-order valence-electron chi connectivity index (χ4n) is 3.76. The summed E-state index contributed by atoms with van der Waals surface area (Å²) in [6.45, 7) is 2.66. The van der Waals surface area contributed by atoms with E-state index in [0.29, 0.717) is 11.7 Å². The molecule has 24 heavy (non-hydrogen) atoms. The Hall–Kier alpha value is -1.57. The first-order valence-corrected chi connectivity index (χ1v) is 8.34. The summed E-state index contributed by atoms with van der Waals surface area (Å²) in [6, 6.07) is 1.24. The van der Waals surface area contributed by atoms with Gasteiger partial charge in [0.25, 0.3) is 0 Å². The third-order valence-electron chi connectivity index (χ3n) is 4.98. The molecule has 0 amide bonds. The van der Waals surface area contributed by atoms with Gasteiger partial charge in [0.2, 0.25) is 5.95 Å². The predicted octanol–water partition coefficient (Wildman–Crippen LogP) is 2.48. The van der Waals surface area contributed by atoms with E-state index in [1.165, 1.54) is 0 Å². The van der Waals surface area contributed by atoms with Crippen LogP contribution in [-0.4, -0.2) is 61.7 Å².